The molecule has 0 amide bonds. The minimum Gasteiger partial charge on any atom is -0.381 e. The fourth-order valence-corrected chi connectivity index (χ4v) is 1.57. The molecule has 0 saturated carbocycles. The van der Waals surface area contributed by atoms with Crippen LogP contribution in [-0.4, -0.2) is 32.1 Å². The highest BCUT2D eigenvalue weighted by Crippen LogP contribution is 2.14. The van der Waals surface area contributed by atoms with Gasteiger partial charge < -0.3 is 10.1 Å². The maximum atomic E-state index is 5.29. The molecule has 1 saturated heterocycles. The highest BCUT2D eigenvalue weighted by Gasteiger charge is 2.22. The van der Waals surface area contributed by atoms with Crippen molar-refractivity contribution in [1.82, 2.24) is 5.32 Å². The van der Waals surface area contributed by atoms with Crippen LogP contribution in [0.5, 0.6) is 0 Å². The Labute approximate surface area is 66.8 Å². The molecule has 2 aliphatic heterocycles. The van der Waals surface area contributed by atoms with Crippen LogP contribution in [-0.2, 0) is 4.74 Å². The lowest BCUT2D eigenvalue weighted by molar-refractivity contribution is 0.192. The van der Waals surface area contributed by atoms with Crippen LogP contribution in [0.1, 0.15) is 12.8 Å². The Morgan fingerprint density at radius 1 is 1.55 bits per heavy atom. The molecule has 1 atom stereocenters. The highest BCUT2D eigenvalue weighted by molar-refractivity contribution is 5.85. The molecule has 2 rings (SSSR count). The van der Waals surface area contributed by atoms with Gasteiger partial charge in [0.25, 0.3) is 0 Å². The molecule has 2 aliphatic rings. The molecule has 3 nitrogen and oxygen atoms in total. The quantitative estimate of drug-likeness (QED) is 0.593. The van der Waals surface area contributed by atoms with E-state index in [1.165, 1.54) is 12.3 Å². The first-order valence-corrected chi connectivity index (χ1v) is 4.33. The molecule has 11 heavy (non-hydrogen) atoms. The molecule has 0 spiro atoms. The maximum Gasteiger partial charge on any atom is 0.102 e. The summed E-state index contributed by atoms with van der Waals surface area (Å²) in [4.78, 5) is 4.44. The van der Waals surface area contributed by atoms with Gasteiger partial charge in [-0.15, -0.1) is 0 Å². The lowest BCUT2D eigenvalue weighted by Gasteiger charge is -2.18. The van der Waals surface area contributed by atoms with E-state index in [2.05, 4.69) is 10.3 Å². The van der Waals surface area contributed by atoms with Crippen molar-refractivity contribution < 1.29 is 4.74 Å². The second-order valence-corrected chi connectivity index (χ2v) is 3.11. The van der Waals surface area contributed by atoms with E-state index in [9.17, 15) is 0 Å². The van der Waals surface area contributed by atoms with Crippen molar-refractivity contribution in [1.29, 1.82) is 0 Å². The van der Waals surface area contributed by atoms with Crippen LogP contribution in [0.4, 0.5) is 0 Å². The van der Waals surface area contributed by atoms with Crippen LogP contribution < -0.4 is 5.32 Å². The van der Waals surface area contributed by atoms with Gasteiger partial charge in [-0.25, -0.2) is 0 Å². The maximum absolute atomic E-state index is 5.29. The number of ether oxygens (including phenoxy) is 1. The van der Waals surface area contributed by atoms with Crippen molar-refractivity contribution in [2.24, 2.45) is 10.9 Å². The summed E-state index contributed by atoms with van der Waals surface area (Å²) in [5.41, 5.74) is 0. The van der Waals surface area contributed by atoms with E-state index in [0.29, 0.717) is 5.92 Å². The molecule has 0 aromatic carbocycles. The summed E-state index contributed by atoms with van der Waals surface area (Å²) < 4.78 is 5.29. The van der Waals surface area contributed by atoms with Crippen molar-refractivity contribution in [3.8, 4) is 0 Å². The van der Waals surface area contributed by atoms with Crippen LogP contribution >= 0.6 is 0 Å². The molecule has 1 unspecified atom stereocenters. The van der Waals surface area contributed by atoms with Gasteiger partial charge in [0, 0.05) is 25.6 Å². The average Bonchev–Trinajstić information content (AvgIpc) is 2.58. The molecule has 0 radical (unpaired) electrons. The van der Waals surface area contributed by atoms with Gasteiger partial charge >= 0.3 is 0 Å². The summed E-state index contributed by atoms with van der Waals surface area (Å²) in [6.07, 6.45) is 2.32. The minimum atomic E-state index is 0.565. The Balaban J connectivity index is 1.96. The molecular formula is C8H14N2O. The molecule has 0 aromatic rings. The predicted octanol–water partition coefficient (Wildman–Crippen LogP) is 0.415. The van der Waals surface area contributed by atoms with E-state index in [-0.39, 0.29) is 0 Å². The van der Waals surface area contributed by atoms with E-state index >= 15 is 0 Å². The van der Waals surface area contributed by atoms with E-state index in [1.807, 2.05) is 0 Å². The van der Waals surface area contributed by atoms with Gasteiger partial charge in [-0.1, -0.05) is 0 Å². The van der Waals surface area contributed by atoms with Crippen LogP contribution in [0.15, 0.2) is 4.99 Å². The van der Waals surface area contributed by atoms with Crippen LogP contribution in [0, 0.1) is 5.92 Å². The molecule has 1 fully saturated rings. The van der Waals surface area contributed by atoms with Crippen molar-refractivity contribution in [3.63, 3.8) is 0 Å². The van der Waals surface area contributed by atoms with Gasteiger partial charge in [0.2, 0.25) is 0 Å². The molecule has 0 bridgehead atoms. The normalized spacial score (nSPS) is 31.3. The Bertz CT molecular complexity index is 161. The zero-order valence-corrected chi connectivity index (χ0v) is 6.68. The molecule has 2 heterocycles. The number of nitrogens with one attached hydrogen (secondary N) is 1. The highest BCUT2D eigenvalue weighted by atomic mass is 16.5. The Kier molecular flexibility index (Phi) is 2.08. The molecule has 0 aromatic heterocycles. The third-order valence-corrected chi connectivity index (χ3v) is 2.24. The number of nitrogens with zero attached hydrogens (tertiary/aromatic N) is 1. The van der Waals surface area contributed by atoms with Crippen molar-refractivity contribution in [2.45, 2.75) is 12.8 Å². The lowest BCUT2D eigenvalue weighted by Crippen LogP contribution is -2.35. The first-order chi connectivity index (χ1) is 5.47. The summed E-state index contributed by atoms with van der Waals surface area (Å²) in [5.74, 6) is 1.75. The predicted molar refractivity (Wildman–Crippen MR) is 43.8 cm³/mol. The number of hydrogen-bond donors (Lipinski definition) is 1. The first-order valence-electron chi connectivity index (χ1n) is 4.33. The minimum absolute atomic E-state index is 0.565. The second-order valence-electron chi connectivity index (χ2n) is 3.11. The van der Waals surface area contributed by atoms with Crippen LogP contribution in [0.2, 0.25) is 0 Å². The van der Waals surface area contributed by atoms with Gasteiger partial charge in [0.05, 0.1) is 6.61 Å². The Morgan fingerprint density at radius 2 is 2.55 bits per heavy atom. The summed E-state index contributed by atoms with van der Waals surface area (Å²) >= 11 is 0. The van der Waals surface area contributed by atoms with Crippen LogP contribution in [0.3, 0.4) is 0 Å². The third-order valence-electron chi connectivity index (χ3n) is 2.24. The molecule has 0 aliphatic carbocycles. The third kappa shape index (κ3) is 1.53. The Hall–Kier alpha value is -0.570. The molecular weight excluding hydrogens is 140 g/mol. The fourth-order valence-electron chi connectivity index (χ4n) is 1.57. The average molecular weight is 154 g/mol. The molecule has 1 N–H and O–H groups in total. The number of rotatable bonds is 1. The van der Waals surface area contributed by atoms with Crippen LogP contribution in [0.25, 0.3) is 0 Å². The smallest absolute Gasteiger partial charge is 0.102 e. The van der Waals surface area contributed by atoms with Crippen molar-refractivity contribution >= 4 is 5.84 Å². The van der Waals surface area contributed by atoms with Gasteiger partial charge in [-0.05, 0) is 12.8 Å². The fraction of sp³-hybridized carbons (Fsp3) is 0.875. The van der Waals surface area contributed by atoms with Gasteiger partial charge in [0.1, 0.15) is 5.84 Å². The zero-order valence-electron chi connectivity index (χ0n) is 6.68. The summed E-state index contributed by atoms with van der Waals surface area (Å²) in [5, 5.41) is 3.33. The number of amidine groups is 1. The Morgan fingerprint density at radius 3 is 3.18 bits per heavy atom. The van der Waals surface area contributed by atoms with Crippen molar-refractivity contribution in [3.05, 3.63) is 0 Å². The van der Waals surface area contributed by atoms with E-state index in [0.717, 1.165) is 32.7 Å². The topological polar surface area (TPSA) is 33.6 Å². The van der Waals surface area contributed by atoms with Crippen molar-refractivity contribution in [2.75, 3.05) is 26.3 Å². The largest absolute Gasteiger partial charge is 0.381 e. The number of hydrogen-bond acceptors (Lipinski definition) is 3. The first kappa shape index (κ1) is 7.10. The van der Waals surface area contributed by atoms with E-state index in [1.54, 1.807) is 0 Å². The second kappa shape index (κ2) is 3.22. The summed E-state index contributed by atoms with van der Waals surface area (Å²) in [6, 6.07) is 0. The SMILES string of the molecule is C1CN=C(C2CCOC2)NC1. The van der Waals surface area contributed by atoms with Gasteiger partial charge in [-0.2, -0.15) is 0 Å². The summed E-state index contributed by atoms with van der Waals surface area (Å²) in [6.45, 7) is 3.87. The monoisotopic (exact) mass is 154 g/mol. The van der Waals surface area contributed by atoms with Gasteiger partial charge in [-0.3, -0.25) is 4.99 Å². The molecule has 3 heteroatoms. The van der Waals surface area contributed by atoms with E-state index < -0.39 is 0 Å². The van der Waals surface area contributed by atoms with Gasteiger partial charge in [0.15, 0.2) is 0 Å². The van der Waals surface area contributed by atoms with E-state index in [4.69, 9.17) is 4.74 Å². The molecule has 62 valence electrons. The lowest BCUT2D eigenvalue weighted by atomic mass is 10.1. The summed E-state index contributed by atoms with van der Waals surface area (Å²) in [7, 11) is 0. The zero-order chi connectivity index (χ0) is 7.52. The standard InChI is InChI=1S/C8H14N2O/c1-3-9-8(10-4-1)7-2-5-11-6-7/h7H,1-6H2,(H,9,10). The number of aliphatic imine (C=N–C) groups is 1.